The van der Waals surface area contributed by atoms with Gasteiger partial charge in [0.1, 0.15) is 5.37 Å². The maximum Gasteiger partial charge on any atom is 0.317 e. The molecule has 1 atom stereocenters. The van der Waals surface area contributed by atoms with Gasteiger partial charge in [0.15, 0.2) is 0 Å². The van der Waals surface area contributed by atoms with Crippen LogP contribution in [0.1, 0.15) is 38.6 Å². The van der Waals surface area contributed by atoms with Crippen molar-refractivity contribution in [3.05, 3.63) is 34.9 Å². The van der Waals surface area contributed by atoms with Crippen molar-refractivity contribution in [2.75, 3.05) is 25.4 Å². The van der Waals surface area contributed by atoms with Crippen LogP contribution in [0.2, 0.25) is 5.02 Å². The number of rotatable bonds is 5. The van der Waals surface area contributed by atoms with Gasteiger partial charge in [0, 0.05) is 35.8 Å². The van der Waals surface area contributed by atoms with Gasteiger partial charge in [-0.1, -0.05) is 29.8 Å². The zero-order chi connectivity index (χ0) is 18.6. The van der Waals surface area contributed by atoms with Crippen molar-refractivity contribution in [2.24, 2.45) is 0 Å². The molecule has 2 rings (SSSR count). The Morgan fingerprint density at radius 1 is 1.40 bits per heavy atom. The number of amides is 3. The van der Waals surface area contributed by atoms with E-state index in [0.717, 1.165) is 5.56 Å². The summed E-state index contributed by atoms with van der Waals surface area (Å²) in [5.41, 5.74) is 0.659. The number of nitrogens with zero attached hydrogens (tertiary/aromatic N) is 2. The third-order valence-corrected chi connectivity index (χ3v) is 5.48. The Labute approximate surface area is 159 Å². The second-order valence-electron chi connectivity index (χ2n) is 7.03. The van der Waals surface area contributed by atoms with Gasteiger partial charge < -0.3 is 15.1 Å². The van der Waals surface area contributed by atoms with Crippen molar-refractivity contribution in [3.63, 3.8) is 0 Å². The van der Waals surface area contributed by atoms with Gasteiger partial charge in [-0.05, 0) is 33.8 Å². The fraction of sp³-hybridized carbons (Fsp3) is 0.556. The standard InChI is InChI=1S/C18H26ClN3O2S/c1-5-21(17(24)20-18(2,3)4)10-11-22-15(23)12-25-16(22)13-8-6-7-9-14(13)19/h6-9,16H,5,10-12H2,1-4H3,(H,20,24). The number of carbonyl (C=O) groups is 2. The molecule has 0 spiro atoms. The molecule has 1 fully saturated rings. The van der Waals surface area contributed by atoms with Crippen molar-refractivity contribution in [3.8, 4) is 0 Å². The van der Waals surface area contributed by atoms with Crippen LogP contribution in [0.25, 0.3) is 0 Å². The summed E-state index contributed by atoms with van der Waals surface area (Å²) < 4.78 is 0. The maximum atomic E-state index is 12.4. The predicted octanol–water partition coefficient (Wildman–Crippen LogP) is 3.74. The zero-order valence-electron chi connectivity index (χ0n) is 15.2. The first-order valence-corrected chi connectivity index (χ1v) is 9.88. The van der Waals surface area contributed by atoms with Crippen molar-refractivity contribution < 1.29 is 9.59 Å². The van der Waals surface area contributed by atoms with Crippen LogP contribution in [-0.2, 0) is 4.79 Å². The Bertz CT molecular complexity index is 633. The van der Waals surface area contributed by atoms with Crippen molar-refractivity contribution in [1.29, 1.82) is 0 Å². The zero-order valence-corrected chi connectivity index (χ0v) is 16.8. The molecule has 1 N–H and O–H groups in total. The summed E-state index contributed by atoms with van der Waals surface area (Å²) in [6.07, 6.45) is 0. The molecule has 0 aliphatic carbocycles. The number of nitrogens with one attached hydrogen (secondary N) is 1. The van der Waals surface area contributed by atoms with Gasteiger partial charge in [-0.25, -0.2) is 4.79 Å². The van der Waals surface area contributed by atoms with Crippen LogP contribution in [0.4, 0.5) is 4.79 Å². The van der Waals surface area contributed by atoms with E-state index in [1.54, 1.807) is 16.7 Å². The van der Waals surface area contributed by atoms with Gasteiger partial charge in [-0.3, -0.25) is 4.79 Å². The summed E-state index contributed by atoms with van der Waals surface area (Å²) in [4.78, 5) is 28.2. The lowest BCUT2D eigenvalue weighted by atomic mass is 10.1. The number of likely N-dealkylation sites (N-methyl/N-ethyl adjacent to an activating group) is 1. The Hall–Kier alpha value is -1.40. The van der Waals surface area contributed by atoms with E-state index in [4.69, 9.17) is 11.6 Å². The van der Waals surface area contributed by atoms with Crippen molar-refractivity contribution in [2.45, 2.75) is 38.6 Å². The van der Waals surface area contributed by atoms with Gasteiger partial charge in [0.2, 0.25) is 5.91 Å². The monoisotopic (exact) mass is 383 g/mol. The van der Waals surface area contributed by atoms with E-state index in [1.807, 2.05) is 56.9 Å². The lowest BCUT2D eigenvalue weighted by Gasteiger charge is -2.31. The highest BCUT2D eigenvalue weighted by atomic mass is 35.5. The Morgan fingerprint density at radius 3 is 2.68 bits per heavy atom. The molecule has 5 nitrogen and oxygen atoms in total. The Kier molecular flexibility index (Phi) is 6.63. The summed E-state index contributed by atoms with van der Waals surface area (Å²) in [6.45, 7) is 9.37. The summed E-state index contributed by atoms with van der Waals surface area (Å²) >= 11 is 7.88. The predicted molar refractivity (Wildman–Crippen MR) is 104 cm³/mol. The molecule has 1 unspecified atom stereocenters. The van der Waals surface area contributed by atoms with E-state index in [-0.39, 0.29) is 22.9 Å². The second kappa shape index (κ2) is 8.32. The average molecular weight is 384 g/mol. The van der Waals surface area contributed by atoms with Crippen LogP contribution >= 0.6 is 23.4 Å². The fourth-order valence-electron chi connectivity index (χ4n) is 2.66. The quantitative estimate of drug-likeness (QED) is 0.842. The molecule has 7 heteroatoms. The molecular formula is C18H26ClN3O2S. The molecule has 1 heterocycles. The molecule has 1 aliphatic rings. The first-order chi connectivity index (χ1) is 11.7. The molecule has 138 valence electrons. The third kappa shape index (κ3) is 5.28. The van der Waals surface area contributed by atoms with Crippen LogP contribution in [0, 0.1) is 0 Å². The minimum absolute atomic E-state index is 0.0854. The average Bonchev–Trinajstić information content (AvgIpc) is 2.88. The van der Waals surface area contributed by atoms with Crippen molar-refractivity contribution >= 4 is 35.3 Å². The smallest absolute Gasteiger partial charge is 0.317 e. The molecule has 1 aromatic carbocycles. The molecule has 1 saturated heterocycles. The summed E-state index contributed by atoms with van der Waals surface area (Å²) in [5, 5.41) is 3.54. The molecule has 1 aromatic rings. The molecule has 1 aliphatic heterocycles. The number of halogens is 1. The van der Waals surface area contributed by atoms with E-state index in [2.05, 4.69) is 5.32 Å². The Morgan fingerprint density at radius 2 is 2.08 bits per heavy atom. The number of hydrogen-bond acceptors (Lipinski definition) is 3. The lowest BCUT2D eigenvalue weighted by Crippen LogP contribution is -2.50. The summed E-state index contributed by atoms with van der Waals surface area (Å²) in [7, 11) is 0. The van der Waals surface area contributed by atoms with Gasteiger partial charge in [-0.15, -0.1) is 11.8 Å². The maximum absolute atomic E-state index is 12.4. The van der Waals surface area contributed by atoms with Crippen LogP contribution in [0.15, 0.2) is 24.3 Å². The SMILES string of the molecule is CCN(CCN1C(=O)CSC1c1ccccc1Cl)C(=O)NC(C)(C)C. The third-order valence-electron chi connectivity index (χ3n) is 3.90. The molecule has 3 amide bonds. The van der Waals surface area contributed by atoms with Crippen molar-refractivity contribution in [1.82, 2.24) is 15.1 Å². The highest BCUT2D eigenvalue weighted by molar-refractivity contribution is 8.00. The minimum Gasteiger partial charge on any atom is -0.333 e. The first kappa shape index (κ1) is 19.9. The summed E-state index contributed by atoms with van der Waals surface area (Å²) in [5.74, 6) is 0.526. The molecule has 0 bridgehead atoms. The van der Waals surface area contributed by atoms with Gasteiger partial charge in [0.25, 0.3) is 0 Å². The van der Waals surface area contributed by atoms with Gasteiger partial charge in [0.05, 0.1) is 5.75 Å². The number of hydrogen-bond donors (Lipinski definition) is 1. The number of thioether (sulfide) groups is 1. The Balaban J connectivity index is 2.05. The van der Waals surface area contributed by atoms with Gasteiger partial charge in [-0.2, -0.15) is 0 Å². The lowest BCUT2D eigenvalue weighted by molar-refractivity contribution is -0.128. The first-order valence-electron chi connectivity index (χ1n) is 8.45. The second-order valence-corrected chi connectivity index (χ2v) is 8.51. The van der Waals surface area contributed by atoms with Crippen LogP contribution in [0.5, 0.6) is 0 Å². The van der Waals surface area contributed by atoms with Gasteiger partial charge >= 0.3 is 6.03 Å². The van der Waals surface area contributed by atoms with E-state index < -0.39 is 0 Å². The van der Waals surface area contributed by atoms with Crippen LogP contribution in [0.3, 0.4) is 0 Å². The number of carbonyl (C=O) groups excluding carboxylic acids is 2. The molecule has 25 heavy (non-hydrogen) atoms. The molecule has 0 saturated carbocycles. The molecule has 0 aromatic heterocycles. The largest absolute Gasteiger partial charge is 0.333 e. The van der Waals surface area contributed by atoms with Crippen LogP contribution < -0.4 is 5.32 Å². The van der Waals surface area contributed by atoms with E-state index in [1.165, 1.54) is 0 Å². The number of benzene rings is 1. The van der Waals surface area contributed by atoms with Crippen LogP contribution in [-0.4, -0.2) is 52.7 Å². The van der Waals surface area contributed by atoms with E-state index >= 15 is 0 Å². The fourth-order valence-corrected chi connectivity index (χ4v) is 4.22. The molecular weight excluding hydrogens is 358 g/mol. The number of urea groups is 1. The topological polar surface area (TPSA) is 52.7 Å². The minimum atomic E-state index is -0.288. The normalized spacial score (nSPS) is 17.7. The van der Waals surface area contributed by atoms with E-state index in [0.29, 0.717) is 30.4 Å². The summed E-state index contributed by atoms with van der Waals surface area (Å²) in [6, 6.07) is 7.50. The highest BCUT2D eigenvalue weighted by Gasteiger charge is 2.34. The van der Waals surface area contributed by atoms with E-state index in [9.17, 15) is 9.59 Å². The highest BCUT2D eigenvalue weighted by Crippen LogP contribution is 2.41. The molecule has 0 radical (unpaired) electrons.